The van der Waals surface area contributed by atoms with Gasteiger partial charge in [-0.05, 0) is 33.3 Å². The Kier molecular flexibility index (Phi) is 6.12. The molecule has 0 radical (unpaired) electrons. The molecule has 0 aliphatic carbocycles. The predicted octanol–water partition coefficient (Wildman–Crippen LogP) is 0.941. The molecule has 2 heterocycles. The number of nitrogens with one attached hydrogen (secondary N) is 1. The predicted molar refractivity (Wildman–Crippen MR) is 106 cm³/mol. The average molecular weight is 417 g/mol. The van der Waals surface area contributed by atoms with E-state index in [1.54, 1.807) is 24.0 Å². The average Bonchev–Trinajstić information content (AvgIpc) is 2.89. The topological polar surface area (TPSA) is 105 Å². The van der Waals surface area contributed by atoms with Gasteiger partial charge in [-0.3, -0.25) is 19.3 Å². The van der Waals surface area contributed by atoms with Crippen molar-refractivity contribution in [2.45, 2.75) is 45.4 Å². The van der Waals surface area contributed by atoms with Crippen LogP contribution in [0.4, 0.5) is 4.79 Å². The summed E-state index contributed by atoms with van der Waals surface area (Å²) in [5, 5.41) is 2.64. The number of urea groups is 1. The third-order valence-corrected chi connectivity index (χ3v) is 5.32. The molecule has 1 N–H and O–H groups in total. The minimum Gasteiger partial charge on any atom is -0.454 e. The number of morpholine rings is 1. The molecule has 162 valence electrons. The number of benzene rings is 1. The Morgan fingerprint density at radius 2 is 1.77 bits per heavy atom. The first-order valence-corrected chi connectivity index (χ1v) is 9.90. The van der Waals surface area contributed by atoms with Crippen LogP contribution in [0.2, 0.25) is 0 Å². The molecule has 0 aromatic heterocycles. The maximum absolute atomic E-state index is 12.9. The first kappa shape index (κ1) is 21.8. The molecule has 9 heteroatoms. The highest BCUT2D eigenvalue weighted by atomic mass is 16.5. The highest BCUT2D eigenvalue weighted by Crippen LogP contribution is 2.28. The quantitative estimate of drug-likeness (QED) is 0.565. The lowest BCUT2D eigenvalue weighted by Gasteiger charge is -2.35. The smallest absolute Gasteiger partial charge is 0.326 e. The van der Waals surface area contributed by atoms with Crippen molar-refractivity contribution in [3.63, 3.8) is 0 Å². The third kappa shape index (κ3) is 4.46. The van der Waals surface area contributed by atoms with E-state index in [0.29, 0.717) is 18.7 Å². The number of ether oxygens (including phenoxy) is 2. The van der Waals surface area contributed by atoms with Gasteiger partial charge in [-0.1, -0.05) is 29.8 Å². The van der Waals surface area contributed by atoms with E-state index in [2.05, 4.69) is 5.32 Å². The van der Waals surface area contributed by atoms with Gasteiger partial charge in [0.05, 0.1) is 12.2 Å². The highest BCUT2D eigenvalue weighted by Gasteiger charge is 2.49. The van der Waals surface area contributed by atoms with Crippen molar-refractivity contribution < 1.29 is 28.7 Å². The molecule has 0 bridgehead atoms. The zero-order chi connectivity index (χ0) is 22.1. The molecule has 9 nitrogen and oxygen atoms in total. The molecule has 1 aromatic rings. The van der Waals surface area contributed by atoms with Crippen molar-refractivity contribution >= 4 is 23.8 Å². The van der Waals surface area contributed by atoms with Crippen molar-refractivity contribution in [2.75, 3.05) is 26.2 Å². The number of hydrogen-bond donors (Lipinski definition) is 1. The standard InChI is InChI=1S/C21H27N3O6/c1-13-5-7-16(8-6-13)21(4)19(27)24(20(28)22-21)11-18(26)29-12-17(25)23-9-14(2)30-15(3)10-23/h5-8,14-15H,9-12H2,1-4H3,(H,22,28)/t14-,15+,21-/m1/s1. The summed E-state index contributed by atoms with van der Waals surface area (Å²) < 4.78 is 10.6. The van der Waals surface area contributed by atoms with E-state index < -0.39 is 36.6 Å². The number of carbonyl (C=O) groups is 4. The Hall–Kier alpha value is -2.94. The molecule has 3 rings (SSSR count). The van der Waals surface area contributed by atoms with E-state index in [-0.39, 0.29) is 18.1 Å². The van der Waals surface area contributed by atoms with Crippen LogP contribution in [0.15, 0.2) is 24.3 Å². The summed E-state index contributed by atoms with van der Waals surface area (Å²) in [4.78, 5) is 52.1. The monoisotopic (exact) mass is 417 g/mol. The van der Waals surface area contributed by atoms with Gasteiger partial charge in [-0.25, -0.2) is 4.79 Å². The summed E-state index contributed by atoms with van der Waals surface area (Å²) >= 11 is 0. The molecular weight excluding hydrogens is 390 g/mol. The molecule has 0 unspecified atom stereocenters. The molecule has 2 aliphatic heterocycles. The van der Waals surface area contributed by atoms with E-state index in [0.717, 1.165) is 10.5 Å². The Bertz CT molecular complexity index is 845. The highest BCUT2D eigenvalue weighted by molar-refractivity contribution is 6.08. The maximum atomic E-state index is 12.9. The van der Waals surface area contributed by atoms with Gasteiger partial charge in [-0.15, -0.1) is 0 Å². The fourth-order valence-electron chi connectivity index (χ4n) is 3.71. The van der Waals surface area contributed by atoms with Crippen molar-refractivity contribution in [1.29, 1.82) is 0 Å². The molecule has 3 atom stereocenters. The van der Waals surface area contributed by atoms with E-state index in [9.17, 15) is 19.2 Å². The van der Waals surface area contributed by atoms with Gasteiger partial charge in [0.15, 0.2) is 6.61 Å². The number of esters is 1. The molecule has 0 saturated carbocycles. The Balaban J connectivity index is 1.57. The van der Waals surface area contributed by atoms with Gasteiger partial charge in [0.1, 0.15) is 12.1 Å². The lowest BCUT2D eigenvalue weighted by molar-refractivity contribution is -0.158. The number of imide groups is 1. The first-order valence-electron chi connectivity index (χ1n) is 9.90. The molecule has 4 amide bonds. The molecule has 0 spiro atoms. The minimum absolute atomic E-state index is 0.0984. The molecule has 1 aromatic carbocycles. The number of amides is 4. The number of nitrogens with zero attached hydrogens (tertiary/aromatic N) is 2. The van der Waals surface area contributed by atoms with Crippen LogP contribution < -0.4 is 5.32 Å². The lowest BCUT2D eigenvalue weighted by Crippen LogP contribution is -2.49. The Morgan fingerprint density at radius 1 is 1.17 bits per heavy atom. The van der Waals surface area contributed by atoms with E-state index >= 15 is 0 Å². The molecule has 2 saturated heterocycles. The summed E-state index contributed by atoms with van der Waals surface area (Å²) in [5.74, 6) is -1.71. The fraction of sp³-hybridized carbons (Fsp3) is 0.524. The van der Waals surface area contributed by atoms with Gasteiger partial charge < -0.3 is 19.7 Å². The largest absolute Gasteiger partial charge is 0.454 e. The fourth-order valence-corrected chi connectivity index (χ4v) is 3.71. The SMILES string of the molecule is Cc1ccc([C@@]2(C)NC(=O)N(CC(=O)OCC(=O)N3C[C@@H](C)O[C@@H](C)C3)C2=O)cc1. The van der Waals surface area contributed by atoms with Crippen LogP contribution in [0.3, 0.4) is 0 Å². The van der Waals surface area contributed by atoms with Crippen molar-refractivity contribution in [1.82, 2.24) is 15.1 Å². The molecule has 2 fully saturated rings. The number of hydrogen-bond acceptors (Lipinski definition) is 6. The molecule has 2 aliphatic rings. The van der Waals surface area contributed by atoms with Crippen LogP contribution in [-0.2, 0) is 29.4 Å². The zero-order valence-corrected chi connectivity index (χ0v) is 17.6. The van der Waals surface area contributed by atoms with E-state index in [1.165, 1.54) is 0 Å². The Morgan fingerprint density at radius 3 is 2.37 bits per heavy atom. The van der Waals surface area contributed by atoms with Crippen LogP contribution in [-0.4, -0.2) is 72.1 Å². The summed E-state index contributed by atoms with van der Waals surface area (Å²) in [6.45, 7) is 7.07. The molecular formula is C21H27N3O6. The lowest BCUT2D eigenvalue weighted by atomic mass is 9.91. The van der Waals surface area contributed by atoms with Gasteiger partial charge in [0.2, 0.25) is 0 Å². The number of aryl methyl sites for hydroxylation is 1. The van der Waals surface area contributed by atoms with Crippen molar-refractivity contribution in [3.05, 3.63) is 35.4 Å². The van der Waals surface area contributed by atoms with Gasteiger partial charge in [0.25, 0.3) is 11.8 Å². The number of rotatable bonds is 5. The zero-order valence-electron chi connectivity index (χ0n) is 17.6. The summed E-state index contributed by atoms with van der Waals surface area (Å²) in [6, 6.07) is 6.53. The number of carbonyl (C=O) groups excluding carboxylic acids is 4. The van der Waals surface area contributed by atoms with Crippen LogP contribution in [0.1, 0.15) is 31.9 Å². The van der Waals surface area contributed by atoms with Crippen LogP contribution in [0, 0.1) is 6.92 Å². The Labute approximate surface area is 175 Å². The van der Waals surface area contributed by atoms with Gasteiger partial charge in [-0.2, -0.15) is 0 Å². The maximum Gasteiger partial charge on any atom is 0.326 e. The second-order valence-corrected chi connectivity index (χ2v) is 8.03. The van der Waals surface area contributed by atoms with E-state index in [1.807, 2.05) is 32.9 Å². The van der Waals surface area contributed by atoms with Gasteiger partial charge >= 0.3 is 12.0 Å². The van der Waals surface area contributed by atoms with Crippen LogP contribution in [0.5, 0.6) is 0 Å². The molecule has 30 heavy (non-hydrogen) atoms. The van der Waals surface area contributed by atoms with Crippen LogP contribution in [0.25, 0.3) is 0 Å². The minimum atomic E-state index is -1.26. The second-order valence-electron chi connectivity index (χ2n) is 8.03. The van der Waals surface area contributed by atoms with E-state index in [4.69, 9.17) is 9.47 Å². The summed E-state index contributed by atoms with van der Waals surface area (Å²) in [6.07, 6.45) is -0.197. The van der Waals surface area contributed by atoms with Crippen molar-refractivity contribution in [2.24, 2.45) is 0 Å². The second kappa shape index (κ2) is 8.43. The normalized spacial score (nSPS) is 26.5. The summed E-state index contributed by atoms with van der Waals surface area (Å²) in [7, 11) is 0. The van der Waals surface area contributed by atoms with Gasteiger partial charge in [0, 0.05) is 13.1 Å². The summed E-state index contributed by atoms with van der Waals surface area (Å²) in [5.41, 5.74) is 0.377. The van der Waals surface area contributed by atoms with Crippen molar-refractivity contribution in [3.8, 4) is 0 Å². The third-order valence-electron chi connectivity index (χ3n) is 5.32. The van der Waals surface area contributed by atoms with Crippen LogP contribution >= 0.6 is 0 Å². The first-order chi connectivity index (χ1) is 14.1.